The van der Waals surface area contributed by atoms with Gasteiger partial charge in [-0.25, -0.2) is 0 Å². The monoisotopic (exact) mass is 318 g/mol. The van der Waals surface area contributed by atoms with Crippen molar-refractivity contribution in [3.8, 4) is 11.5 Å². The van der Waals surface area contributed by atoms with Gasteiger partial charge in [-0.15, -0.1) is 0 Å². The van der Waals surface area contributed by atoms with Gasteiger partial charge >= 0.3 is 5.97 Å². The Kier molecular flexibility index (Phi) is 4.06. The van der Waals surface area contributed by atoms with Gasteiger partial charge < -0.3 is 18.9 Å². The van der Waals surface area contributed by atoms with Crippen LogP contribution in [0.2, 0.25) is 0 Å². The smallest absolute Gasteiger partial charge is 0.307 e. The normalized spacial score (nSPS) is 22.9. The van der Waals surface area contributed by atoms with Crippen molar-refractivity contribution in [1.82, 2.24) is 0 Å². The first-order valence-electron chi connectivity index (χ1n) is 7.79. The molecule has 0 N–H and O–H groups in total. The quantitative estimate of drug-likeness (QED) is 0.798. The molecule has 5 heteroatoms. The van der Waals surface area contributed by atoms with E-state index in [2.05, 4.69) is 0 Å². The Morgan fingerprint density at radius 3 is 2.65 bits per heavy atom. The number of hydrogen-bond acceptors (Lipinski definition) is 5. The molecule has 0 amide bonds. The summed E-state index contributed by atoms with van der Waals surface area (Å²) in [7, 11) is 0. The molecule has 0 unspecified atom stereocenters. The van der Waals surface area contributed by atoms with Gasteiger partial charge in [-0.3, -0.25) is 4.79 Å². The van der Waals surface area contributed by atoms with E-state index in [-0.39, 0.29) is 30.4 Å². The lowest BCUT2D eigenvalue weighted by Gasteiger charge is -2.30. The standard InChI is InChI=1S/C18H22O5/c1-11(19)22-14-7-8-15(23-18(2,3)4)17(14)12-5-6-13-16(9-12)21-10-20-13/h5-7,9,15,17H,8,10H2,1-4H3/t15-,17-/m1/s1. The number of ether oxygens (including phenoxy) is 4. The minimum absolute atomic E-state index is 0.0790. The second-order valence-corrected chi connectivity index (χ2v) is 6.79. The van der Waals surface area contributed by atoms with E-state index in [0.29, 0.717) is 17.9 Å². The number of fused-ring (bicyclic) bond motifs is 1. The van der Waals surface area contributed by atoms with E-state index >= 15 is 0 Å². The predicted molar refractivity (Wildman–Crippen MR) is 84.4 cm³/mol. The van der Waals surface area contributed by atoms with Crippen LogP contribution in [-0.4, -0.2) is 24.5 Å². The summed E-state index contributed by atoms with van der Waals surface area (Å²) in [6, 6.07) is 5.80. The molecule has 0 saturated carbocycles. The first kappa shape index (κ1) is 15.9. The molecular weight excluding hydrogens is 296 g/mol. The summed E-state index contributed by atoms with van der Waals surface area (Å²) in [5.41, 5.74) is 0.715. The molecule has 0 spiro atoms. The number of hydrogen-bond donors (Lipinski definition) is 0. The van der Waals surface area contributed by atoms with Crippen LogP contribution in [0.5, 0.6) is 11.5 Å². The van der Waals surface area contributed by atoms with Crippen molar-refractivity contribution < 1.29 is 23.7 Å². The maximum atomic E-state index is 11.4. The van der Waals surface area contributed by atoms with Crippen molar-refractivity contribution in [1.29, 1.82) is 0 Å². The summed E-state index contributed by atoms with van der Waals surface area (Å²) in [5.74, 6) is 1.64. The lowest BCUT2D eigenvalue weighted by atomic mass is 9.94. The van der Waals surface area contributed by atoms with Gasteiger partial charge in [-0.1, -0.05) is 6.07 Å². The third-order valence-electron chi connectivity index (χ3n) is 3.75. The summed E-state index contributed by atoms with van der Waals surface area (Å²) in [6.45, 7) is 7.71. The third-order valence-corrected chi connectivity index (χ3v) is 3.75. The third kappa shape index (κ3) is 3.50. The molecule has 1 aliphatic carbocycles. The van der Waals surface area contributed by atoms with Crippen molar-refractivity contribution in [2.75, 3.05) is 6.79 Å². The second kappa shape index (κ2) is 5.89. The largest absolute Gasteiger partial charge is 0.454 e. The van der Waals surface area contributed by atoms with E-state index < -0.39 is 0 Å². The Labute approximate surface area is 136 Å². The van der Waals surface area contributed by atoms with Crippen LogP contribution < -0.4 is 9.47 Å². The molecule has 5 nitrogen and oxygen atoms in total. The summed E-state index contributed by atoms with van der Waals surface area (Å²) >= 11 is 0. The SMILES string of the molecule is CC(=O)OC1=CC[C@@H](OC(C)(C)C)[C@@H]1c1ccc2c(c1)OCO2. The van der Waals surface area contributed by atoms with Crippen molar-refractivity contribution in [3.63, 3.8) is 0 Å². The van der Waals surface area contributed by atoms with E-state index in [4.69, 9.17) is 18.9 Å². The first-order chi connectivity index (χ1) is 10.8. The molecule has 1 aromatic carbocycles. The summed E-state index contributed by atoms with van der Waals surface area (Å²) in [4.78, 5) is 11.4. The topological polar surface area (TPSA) is 54.0 Å². The van der Waals surface area contributed by atoms with E-state index in [9.17, 15) is 4.79 Å². The molecule has 0 aromatic heterocycles. The van der Waals surface area contributed by atoms with E-state index in [0.717, 1.165) is 11.3 Å². The van der Waals surface area contributed by atoms with E-state index in [1.165, 1.54) is 6.92 Å². The molecule has 0 saturated heterocycles. The zero-order chi connectivity index (χ0) is 16.6. The molecule has 124 valence electrons. The summed E-state index contributed by atoms with van der Waals surface area (Å²) < 4.78 is 22.4. The molecular formula is C18H22O5. The lowest BCUT2D eigenvalue weighted by molar-refractivity contribution is -0.137. The highest BCUT2D eigenvalue weighted by Gasteiger charge is 2.37. The number of carbonyl (C=O) groups excluding carboxylic acids is 1. The fourth-order valence-corrected chi connectivity index (χ4v) is 3.01. The van der Waals surface area contributed by atoms with Crippen LogP contribution in [0.25, 0.3) is 0 Å². The molecule has 0 fully saturated rings. The molecule has 0 radical (unpaired) electrons. The first-order valence-corrected chi connectivity index (χ1v) is 7.79. The van der Waals surface area contributed by atoms with Gasteiger partial charge in [0.15, 0.2) is 11.5 Å². The maximum absolute atomic E-state index is 11.4. The van der Waals surface area contributed by atoms with Crippen LogP contribution in [0.15, 0.2) is 30.0 Å². The molecule has 1 aromatic rings. The van der Waals surface area contributed by atoms with Crippen LogP contribution in [0.4, 0.5) is 0 Å². The highest BCUT2D eigenvalue weighted by Crippen LogP contribution is 2.43. The Hall–Kier alpha value is -2.01. The van der Waals surface area contributed by atoms with Gasteiger partial charge in [-0.05, 0) is 51.0 Å². The summed E-state index contributed by atoms with van der Waals surface area (Å²) in [6.07, 6.45) is 2.57. The zero-order valence-corrected chi connectivity index (χ0v) is 13.9. The van der Waals surface area contributed by atoms with Crippen molar-refractivity contribution in [2.24, 2.45) is 0 Å². The molecule has 3 rings (SSSR count). The Morgan fingerprint density at radius 1 is 1.22 bits per heavy atom. The van der Waals surface area contributed by atoms with Gasteiger partial charge in [0, 0.05) is 6.92 Å². The number of benzene rings is 1. The van der Waals surface area contributed by atoms with Crippen LogP contribution in [0.3, 0.4) is 0 Å². The fourth-order valence-electron chi connectivity index (χ4n) is 3.01. The van der Waals surface area contributed by atoms with Gasteiger partial charge in [-0.2, -0.15) is 0 Å². The molecule has 2 atom stereocenters. The molecule has 1 heterocycles. The molecule has 23 heavy (non-hydrogen) atoms. The fraction of sp³-hybridized carbons (Fsp3) is 0.500. The highest BCUT2D eigenvalue weighted by molar-refractivity contribution is 5.68. The van der Waals surface area contributed by atoms with Gasteiger partial charge in [0.1, 0.15) is 5.76 Å². The van der Waals surface area contributed by atoms with Crippen LogP contribution in [0, 0.1) is 0 Å². The molecule has 0 bridgehead atoms. The maximum Gasteiger partial charge on any atom is 0.307 e. The Bertz CT molecular complexity index is 641. The van der Waals surface area contributed by atoms with Crippen molar-refractivity contribution >= 4 is 5.97 Å². The Balaban J connectivity index is 1.91. The lowest BCUT2D eigenvalue weighted by Crippen LogP contribution is -2.30. The number of rotatable bonds is 3. The average Bonchev–Trinajstić information content (AvgIpc) is 3.02. The summed E-state index contributed by atoms with van der Waals surface area (Å²) in [5, 5.41) is 0. The van der Waals surface area contributed by atoms with Gasteiger partial charge in [0.05, 0.1) is 17.6 Å². The minimum Gasteiger partial charge on any atom is -0.454 e. The number of esters is 1. The minimum atomic E-state index is -0.321. The Morgan fingerprint density at radius 2 is 1.96 bits per heavy atom. The second-order valence-electron chi connectivity index (χ2n) is 6.79. The predicted octanol–water partition coefficient (Wildman–Crippen LogP) is 3.53. The van der Waals surface area contributed by atoms with Crippen molar-refractivity contribution in [2.45, 2.75) is 51.7 Å². The van der Waals surface area contributed by atoms with Crippen molar-refractivity contribution in [3.05, 3.63) is 35.6 Å². The zero-order valence-electron chi connectivity index (χ0n) is 13.9. The van der Waals surface area contributed by atoms with Gasteiger partial charge in [0.2, 0.25) is 6.79 Å². The molecule has 2 aliphatic rings. The van der Waals surface area contributed by atoms with E-state index in [1.54, 1.807) is 0 Å². The van der Waals surface area contributed by atoms with Crippen LogP contribution in [0.1, 0.15) is 45.6 Å². The highest BCUT2D eigenvalue weighted by atomic mass is 16.7. The molecule has 1 aliphatic heterocycles. The number of carbonyl (C=O) groups is 1. The van der Waals surface area contributed by atoms with E-state index in [1.807, 2.05) is 45.0 Å². The van der Waals surface area contributed by atoms with Crippen LogP contribution >= 0.6 is 0 Å². The average molecular weight is 318 g/mol. The van der Waals surface area contributed by atoms with Crippen LogP contribution in [-0.2, 0) is 14.3 Å². The van der Waals surface area contributed by atoms with Gasteiger partial charge in [0.25, 0.3) is 0 Å².